The summed E-state index contributed by atoms with van der Waals surface area (Å²) in [5.41, 5.74) is 2.73. The zero-order chi connectivity index (χ0) is 24.3. The van der Waals surface area contributed by atoms with Gasteiger partial charge in [-0.2, -0.15) is 0 Å². The van der Waals surface area contributed by atoms with E-state index in [0.29, 0.717) is 36.4 Å². The van der Waals surface area contributed by atoms with Gasteiger partial charge in [-0.1, -0.05) is 6.07 Å². The summed E-state index contributed by atoms with van der Waals surface area (Å²) in [5, 5.41) is 2.57. The van der Waals surface area contributed by atoms with Crippen LogP contribution in [0.4, 0.5) is 4.39 Å². The Morgan fingerprint density at radius 3 is 2.71 bits per heavy atom. The Hall–Kier alpha value is -3.17. The number of likely N-dealkylation sites (N-methyl/N-ethyl adjacent to an activating group) is 1. The summed E-state index contributed by atoms with van der Waals surface area (Å²) < 4.78 is 23.2. The highest BCUT2D eigenvalue weighted by Crippen LogP contribution is 2.41. The number of aromatic nitrogens is 4. The van der Waals surface area contributed by atoms with Crippen LogP contribution in [-0.4, -0.2) is 50.6 Å². The van der Waals surface area contributed by atoms with Gasteiger partial charge in [0.05, 0.1) is 33.5 Å². The molecular weight excluding hydrogens is 465 g/mol. The zero-order valence-electron chi connectivity index (χ0n) is 19.9. The van der Waals surface area contributed by atoms with Gasteiger partial charge < -0.3 is 14.2 Å². The lowest BCUT2D eigenvalue weighted by Crippen LogP contribution is -2.40. The van der Waals surface area contributed by atoms with Crippen LogP contribution in [0.2, 0.25) is 0 Å². The molecule has 1 atom stereocenters. The molecule has 2 aliphatic heterocycles. The van der Waals surface area contributed by atoms with E-state index >= 15 is 4.39 Å². The molecule has 5 heterocycles. The first-order valence-electron chi connectivity index (χ1n) is 11.9. The first-order valence-corrected chi connectivity index (χ1v) is 12.7. The van der Waals surface area contributed by atoms with Crippen LogP contribution in [0.5, 0.6) is 0 Å². The molecule has 0 N–H and O–H groups in total. The number of imidazole rings is 1. The fourth-order valence-corrected chi connectivity index (χ4v) is 6.04. The Labute approximate surface area is 206 Å². The SMILES string of the molecule is Cc1ncc(-c2cc3ccc(F)c(-c4nc(C5CCOCC5)n5c4CN(C)C(=O)[C@@H]5C)c3cn2)s1. The van der Waals surface area contributed by atoms with E-state index in [0.717, 1.165) is 45.3 Å². The number of carbonyl (C=O) groups excluding carboxylic acids is 1. The Balaban J connectivity index is 1.56. The third-order valence-corrected chi connectivity index (χ3v) is 8.03. The molecule has 0 aliphatic carbocycles. The molecule has 1 aromatic carbocycles. The zero-order valence-corrected chi connectivity index (χ0v) is 20.7. The van der Waals surface area contributed by atoms with Crippen molar-refractivity contribution in [2.24, 2.45) is 0 Å². The average molecular weight is 492 g/mol. The predicted molar refractivity (Wildman–Crippen MR) is 133 cm³/mol. The van der Waals surface area contributed by atoms with Gasteiger partial charge in [0.15, 0.2) is 0 Å². The number of fused-ring (bicyclic) bond motifs is 2. The summed E-state index contributed by atoms with van der Waals surface area (Å²) in [6.45, 7) is 5.58. The van der Waals surface area contributed by atoms with E-state index in [1.54, 1.807) is 35.5 Å². The molecule has 1 fully saturated rings. The molecule has 180 valence electrons. The number of amides is 1. The van der Waals surface area contributed by atoms with Crippen LogP contribution in [0.25, 0.3) is 32.6 Å². The number of hydrogen-bond acceptors (Lipinski definition) is 6. The minimum atomic E-state index is -0.389. The molecule has 0 radical (unpaired) electrons. The van der Waals surface area contributed by atoms with Gasteiger partial charge in [0.25, 0.3) is 0 Å². The minimum Gasteiger partial charge on any atom is -0.381 e. The standard InChI is InChI=1S/C26H26FN5O2S/c1-14-26(33)31(3)13-21-24(30-25(32(14)21)16-6-8-34-9-7-16)23-18-11-29-20(22-12-28-15(2)35-22)10-17(18)4-5-19(23)27/h4-5,10-12,14,16H,6-9,13H2,1-3H3/t14-/m0/s1. The predicted octanol–water partition coefficient (Wildman–Crippen LogP) is 5.10. The van der Waals surface area contributed by atoms with Crippen molar-refractivity contribution in [3.8, 4) is 21.8 Å². The molecule has 2 aliphatic rings. The lowest BCUT2D eigenvalue weighted by Gasteiger charge is -2.32. The maximum Gasteiger partial charge on any atom is 0.245 e. The molecule has 0 saturated carbocycles. The molecule has 1 amide bonds. The second kappa shape index (κ2) is 8.49. The summed E-state index contributed by atoms with van der Waals surface area (Å²) in [4.78, 5) is 29.6. The van der Waals surface area contributed by atoms with E-state index in [-0.39, 0.29) is 23.7 Å². The molecule has 0 bridgehead atoms. The van der Waals surface area contributed by atoms with Gasteiger partial charge >= 0.3 is 0 Å². The number of halogens is 1. The number of rotatable bonds is 3. The Kier molecular flexibility index (Phi) is 5.41. The monoisotopic (exact) mass is 491 g/mol. The maximum atomic E-state index is 15.5. The van der Waals surface area contributed by atoms with E-state index in [1.165, 1.54) is 6.07 Å². The third-order valence-electron chi connectivity index (χ3n) is 7.10. The highest BCUT2D eigenvalue weighted by atomic mass is 32.1. The first-order chi connectivity index (χ1) is 16.9. The largest absolute Gasteiger partial charge is 0.381 e. The topological polar surface area (TPSA) is 73.1 Å². The minimum absolute atomic E-state index is 0.0410. The van der Waals surface area contributed by atoms with Crippen LogP contribution in [0.3, 0.4) is 0 Å². The second-order valence-corrected chi connectivity index (χ2v) is 10.6. The highest BCUT2D eigenvalue weighted by molar-refractivity contribution is 7.15. The van der Waals surface area contributed by atoms with Gasteiger partial charge in [-0.15, -0.1) is 11.3 Å². The number of nitrogens with zero attached hydrogens (tertiary/aromatic N) is 5. The number of hydrogen-bond donors (Lipinski definition) is 0. The summed E-state index contributed by atoms with van der Waals surface area (Å²) >= 11 is 1.58. The Morgan fingerprint density at radius 1 is 1.17 bits per heavy atom. The molecule has 6 rings (SSSR count). The Morgan fingerprint density at radius 2 is 1.97 bits per heavy atom. The molecule has 4 aromatic rings. The van der Waals surface area contributed by atoms with Crippen molar-refractivity contribution in [2.45, 2.75) is 45.2 Å². The van der Waals surface area contributed by atoms with E-state index in [1.807, 2.05) is 30.7 Å². The van der Waals surface area contributed by atoms with Crippen molar-refractivity contribution < 1.29 is 13.9 Å². The molecule has 9 heteroatoms. The molecule has 35 heavy (non-hydrogen) atoms. The summed E-state index contributed by atoms with van der Waals surface area (Å²) in [6.07, 6.45) is 5.23. The second-order valence-electron chi connectivity index (χ2n) is 9.35. The van der Waals surface area contributed by atoms with Gasteiger partial charge in [-0.3, -0.25) is 9.78 Å². The molecular formula is C26H26FN5O2S. The lowest BCUT2D eigenvalue weighted by molar-refractivity contribution is -0.135. The molecule has 7 nitrogen and oxygen atoms in total. The smallest absolute Gasteiger partial charge is 0.245 e. The van der Waals surface area contributed by atoms with Gasteiger partial charge in [0.1, 0.15) is 17.7 Å². The van der Waals surface area contributed by atoms with E-state index in [2.05, 4.69) is 9.97 Å². The number of carbonyl (C=O) groups is 1. The number of ether oxygens (including phenoxy) is 1. The Bertz CT molecular complexity index is 1460. The van der Waals surface area contributed by atoms with Crippen molar-refractivity contribution in [1.82, 2.24) is 24.4 Å². The molecule has 0 spiro atoms. The summed E-state index contributed by atoms with van der Waals surface area (Å²) in [6, 6.07) is 4.87. The van der Waals surface area contributed by atoms with Crippen LogP contribution in [0.1, 0.15) is 48.3 Å². The van der Waals surface area contributed by atoms with Crippen LogP contribution in [0, 0.1) is 12.7 Å². The van der Waals surface area contributed by atoms with Crippen LogP contribution in [-0.2, 0) is 16.1 Å². The summed E-state index contributed by atoms with van der Waals surface area (Å²) in [7, 11) is 1.79. The van der Waals surface area contributed by atoms with Crippen LogP contribution >= 0.6 is 11.3 Å². The van der Waals surface area contributed by atoms with E-state index in [4.69, 9.17) is 9.72 Å². The fourth-order valence-electron chi connectivity index (χ4n) is 5.29. The van der Waals surface area contributed by atoms with E-state index < -0.39 is 0 Å². The van der Waals surface area contributed by atoms with Crippen LogP contribution < -0.4 is 0 Å². The average Bonchev–Trinajstić information content (AvgIpc) is 3.47. The van der Waals surface area contributed by atoms with Crippen molar-refractivity contribution in [3.63, 3.8) is 0 Å². The fraction of sp³-hybridized carbons (Fsp3) is 0.385. The molecule has 0 unspecified atom stereocenters. The third kappa shape index (κ3) is 3.65. The molecule has 3 aromatic heterocycles. The number of thiazole rings is 1. The van der Waals surface area contributed by atoms with Crippen molar-refractivity contribution >= 4 is 28.0 Å². The number of aryl methyl sites for hydroxylation is 1. The van der Waals surface area contributed by atoms with Gasteiger partial charge in [-0.05, 0) is 44.2 Å². The van der Waals surface area contributed by atoms with Crippen molar-refractivity contribution in [2.75, 3.05) is 20.3 Å². The molecule has 1 saturated heterocycles. The maximum absolute atomic E-state index is 15.5. The first kappa shape index (κ1) is 22.3. The number of pyridine rings is 1. The van der Waals surface area contributed by atoms with Crippen LogP contribution in [0.15, 0.2) is 30.6 Å². The van der Waals surface area contributed by atoms with Crippen molar-refractivity contribution in [3.05, 3.63) is 52.9 Å². The summed E-state index contributed by atoms with van der Waals surface area (Å²) in [5.74, 6) is 0.729. The quantitative estimate of drug-likeness (QED) is 0.399. The van der Waals surface area contributed by atoms with Gasteiger partial charge in [0.2, 0.25) is 5.91 Å². The lowest BCUT2D eigenvalue weighted by atomic mass is 9.98. The van der Waals surface area contributed by atoms with Crippen molar-refractivity contribution in [1.29, 1.82) is 0 Å². The highest BCUT2D eigenvalue weighted by Gasteiger charge is 2.36. The van der Waals surface area contributed by atoms with Gasteiger partial charge in [0, 0.05) is 49.5 Å². The van der Waals surface area contributed by atoms with E-state index in [9.17, 15) is 4.79 Å². The number of benzene rings is 1. The normalized spacial score (nSPS) is 18.9. The van der Waals surface area contributed by atoms with Gasteiger partial charge in [-0.25, -0.2) is 14.4 Å².